The van der Waals surface area contributed by atoms with E-state index in [2.05, 4.69) is 31.1 Å². The molecule has 0 aromatic heterocycles. The average molecular weight is 355 g/mol. The number of hydrogen-bond acceptors (Lipinski definition) is 2. The minimum atomic E-state index is 0. The van der Waals surface area contributed by atoms with Crippen LogP contribution in [0, 0.1) is 5.41 Å². The number of rotatable bonds is 3. The largest absolute Gasteiger partial charge is 0.381 e. The number of halogens is 1. The molecular formula is C12H26IN3O. The van der Waals surface area contributed by atoms with Crippen molar-refractivity contribution in [1.29, 1.82) is 0 Å². The summed E-state index contributed by atoms with van der Waals surface area (Å²) in [7, 11) is 5.82. The zero-order valence-electron chi connectivity index (χ0n) is 11.8. The highest BCUT2D eigenvalue weighted by molar-refractivity contribution is 14.0. The van der Waals surface area contributed by atoms with Crippen LogP contribution >= 0.6 is 24.0 Å². The Labute approximate surface area is 122 Å². The molecule has 1 rings (SSSR count). The van der Waals surface area contributed by atoms with Crippen molar-refractivity contribution in [3.8, 4) is 0 Å². The third-order valence-electron chi connectivity index (χ3n) is 3.50. The van der Waals surface area contributed by atoms with Crippen LogP contribution in [-0.4, -0.2) is 50.8 Å². The van der Waals surface area contributed by atoms with Crippen LogP contribution in [-0.2, 0) is 4.74 Å². The van der Waals surface area contributed by atoms with Gasteiger partial charge in [0.1, 0.15) is 0 Å². The van der Waals surface area contributed by atoms with Crippen molar-refractivity contribution in [2.24, 2.45) is 10.4 Å². The van der Waals surface area contributed by atoms with Crippen LogP contribution < -0.4 is 5.32 Å². The third-order valence-corrected chi connectivity index (χ3v) is 3.50. The molecule has 0 amide bonds. The number of ether oxygens (including phenoxy) is 1. The molecule has 2 atom stereocenters. The van der Waals surface area contributed by atoms with Crippen molar-refractivity contribution in [2.45, 2.75) is 39.3 Å². The molecule has 2 unspecified atom stereocenters. The summed E-state index contributed by atoms with van der Waals surface area (Å²) in [5, 5.41) is 3.50. The van der Waals surface area contributed by atoms with Gasteiger partial charge in [-0.25, -0.2) is 0 Å². The van der Waals surface area contributed by atoms with Gasteiger partial charge in [-0.3, -0.25) is 4.99 Å². The van der Waals surface area contributed by atoms with E-state index in [1.165, 1.54) is 0 Å². The van der Waals surface area contributed by atoms with Gasteiger partial charge in [-0.15, -0.1) is 24.0 Å². The molecule has 0 aromatic carbocycles. The first kappa shape index (κ1) is 17.0. The molecule has 0 spiro atoms. The SMILES string of the molecule is CCN=C(NC1CC(OC)C1(C)C)N(C)C.I. The van der Waals surface area contributed by atoms with Crippen molar-refractivity contribution < 1.29 is 4.74 Å². The second-order valence-electron chi connectivity index (χ2n) is 5.17. The van der Waals surface area contributed by atoms with Gasteiger partial charge in [0.2, 0.25) is 0 Å². The Morgan fingerprint density at radius 3 is 2.41 bits per heavy atom. The monoisotopic (exact) mass is 355 g/mol. The lowest BCUT2D eigenvalue weighted by atomic mass is 9.64. The molecule has 0 aromatic rings. The number of methoxy groups -OCH3 is 1. The maximum absolute atomic E-state index is 5.44. The van der Waals surface area contributed by atoms with Crippen LogP contribution in [0.2, 0.25) is 0 Å². The van der Waals surface area contributed by atoms with Gasteiger partial charge in [-0.2, -0.15) is 0 Å². The molecule has 0 aliphatic heterocycles. The Morgan fingerprint density at radius 2 is 2.06 bits per heavy atom. The van der Waals surface area contributed by atoms with Crippen molar-refractivity contribution >= 4 is 29.9 Å². The second kappa shape index (κ2) is 6.78. The van der Waals surface area contributed by atoms with Gasteiger partial charge >= 0.3 is 0 Å². The smallest absolute Gasteiger partial charge is 0.193 e. The summed E-state index contributed by atoms with van der Waals surface area (Å²) in [5.41, 5.74) is 0.180. The molecule has 1 fully saturated rings. The molecule has 1 aliphatic rings. The summed E-state index contributed by atoms with van der Waals surface area (Å²) in [5.74, 6) is 0.968. The summed E-state index contributed by atoms with van der Waals surface area (Å²) in [6.07, 6.45) is 1.41. The van der Waals surface area contributed by atoms with Crippen LogP contribution in [0.5, 0.6) is 0 Å². The van der Waals surface area contributed by atoms with E-state index >= 15 is 0 Å². The van der Waals surface area contributed by atoms with Gasteiger partial charge in [0, 0.05) is 39.2 Å². The highest BCUT2D eigenvalue weighted by Crippen LogP contribution is 2.42. The van der Waals surface area contributed by atoms with E-state index in [0.29, 0.717) is 12.1 Å². The first-order valence-corrected chi connectivity index (χ1v) is 5.94. The van der Waals surface area contributed by atoms with Crippen LogP contribution in [0.4, 0.5) is 0 Å². The van der Waals surface area contributed by atoms with Crippen molar-refractivity contribution in [1.82, 2.24) is 10.2 Å². The lowest BCUT2D eigenvalue weighted by Crippen LogP contribution is -2.63. The Kier molecular flexibility index (Phi) is 6.76. The standard InChI is InChI=1S/C12H25N3O.HI/c1-7-13-11(15(4)5)14-9-8-10(16-6)12(9,2)3;/h9-10H,7-8H2,1-6H3,(H,13,14);1H. The fraction of sp³-hybridized carbons (Fsp3) is 0.917. The molecule has 4 nitrogen and oxygen atoms in total. The molecule has 102 valence electrons. The molecule has 5 heteroatoms. The second-order valence-corrected chi connectivity index (χ2v) is 5.17. The number of nitrogens with one attached hydrogen (secondary N) is 1. The fourth-order valence-corrected chi connectivity index (χ4v) is 2.15. The Bertz CT molecular complexity index is 266. The van der Waals surface area contributed by atoms with Gasteiger partial charge in [-0.1, -0.05) is 13.8 Å². The quantitative estimate of drug-likeness (QED) is 0.478. The van der Waals surface area contributed by atoms with Crippen LogP contribution in [0.25, 0.3) is 0 Å². The van der Waals surface area contributed by atoms with E-state index in [0.717, 1.165) is 18.9 Å². The van der Waals surface area contributed by atoms with E-state index in [9.17, 15) is 0 Å². The predicted molar refractivity (Wildman–Crippen MR) is 83.2 cm³/mol. The van der Waals surface area contributed by atoms with Gasteiger partial charge in [0.05, 0.1) is 6.10 Å². The van der Waals surface area contributed by atoms with Gasteiger partial charge < -0.3 is 15.0 Å². The zero-order chi connectivity index (χ0) is 12.3. The van der Waals surface area contributed by atoms with Crippen LogP contribution in [0.15, 0.2) is 4.99 Å². The number of aliphatic imine (C=N–C) groups is 1. The number of hydrogen-bond donors (Lipinski definition) is 1. The van der Waals surface area contributed by atoms with E-state index in [1.807, 2.05) is 19.0 Å². The maximum atomic E-state index is 5.44. The molecule has 1 aliphatic carbocycles. The summed E-state index contributed by atoms with van der Waals surface area (Å²) < 4.78 is 5.44. The maximum Gasteiger partial charge on any atom is 0.193 e. The van der Waals surface area contributed by atoms with E-state index in [1.54, 1.807) is 7.11 Å². The first-order chi connectivity index (χ1) is 7.43. The van der Waals surface area contributed by atoms with Crippen LogP contribution in [0.1, 0.15) is 27.2 Å². The van der Waals surface area contributed by atoms with Crippen LogP contribution in [0.3, 0.4) is 0 Å². The Morgan fingerprint density at radius 1 is 1.47 bits per heavy atom. The van der Waals surface area contributed by atoms with Gasteiger partial charge in [-0.05, 0) is 13.3 Å². The molecule has 1 saturated carbocycles. The number of guanidine groups is 1. The molecule has 0 saturated heterocycles. The summed E-state index contributed by atoms with van der Waals surface area (Å²) in [4.78, 5) is 6.48. The van der Waals surface area contributed by atoms with Crippen molar-refractivity contribution in [3.63, 3.8) is 0 Å². The third kappa shape index (κ3) is 3.71. The molecule has 0 bridgehead atoms. The first-order valence-electron chi connectivity index (χ1n) is 5.94. The lowest BCUT2D eigenvalue weighted by molar-refractivity contribution is -0.0926. The highest BCUT2D eigenvalue weighted by Gasteiger charge is 2.49. The lowest BCUT2D eigenvalue weighted by Gasteiger charge is -2.51. The van der Waals surface area contributed by atoms with E-state index in [-0.39, 0.29) is 29.4 Å². The summed E-state index contributed by atoms with van der Waals surface area (Å²) >= 11 is 0. The Balaban J connectivity index is 0.00000256. The van der Waals surface area contributed by atoms with E-state index < -0.39 is 0 Å². The molecule has 17 heavy (non-hydrogen) atoms. The summed E-state index contributed by atoms with van der Waals surface area (Å²) in [6, 6.07) is 0.449. The molecule has 0 heterocycles. The van der Waals surface area contributed by atoms with E-state index in [4.69, 9.17) is 4.74 Å². The average Bonchev–Trinajstić information content (AvgIpc) is 2.21. The minimum Gasteiger partial charge on any atom is -0.381 e. The number of nitrogens with zero attached hydrogens (tertiary/aromatic N) is 2. The zero-order valence-corrected chi connectivity index (χ0v) is 14.1. The highest BCUT2D eigenvalue weighted by atomic mass is 127. The molecule has 1 N–H and O–H groups in total. The summed E-state index contributed by atoms with van der Waals surface area (Å²) in [6.45, 7) is 7.33. The van der Waals surface area contributed by atoms with Gasteiger partial charge in [0.15, 0.2) is 5.96 Å². The topological polar surface area (TPSA) is 36.9 Å². The van der Waals surface area contributed by atoms with Gasteiger partial charge in [0.25, 0.3) is 0 Å². The molecular weight excluding hydrogens is 329 g/mol. The van der Waals surface area contributed by atoms with Crippen molar-refractivity contribution in [2.75, 3.05) is 27.7 Å². The van der Waals surface area contributed by atoms with Crippen molar-refractivity contribution in [3.05, 3.63) is 0 Å². The normalized spacial score (nSPS) is 26.8. The Hall–Kier alpha value is -0.0400. The molecule has 0 radical (unpaired) electrons. The fourth-order valence-electron chi connectivity index (χ4n) is 2.15. The minimum absolute atomic E-state index is 0. The predicted octanol–water partition coefficient (Wildman–Crippen LogP) is 1.94.